The van der Waals surface area contributed by atoms with Crippen molar-refractivity contribution in [1.82, 2.24) is 0 Å². The Hall–Kier alpha value is -1.08. The van der Waals surface area contributed by atoms with E-state index in [1.807, 2.05) is 0 Å². The molecule has 2 N–H and O–H groups in total. The van der Waals surface area contributed by atoms with Crippen molar-refractivity contribution < 1.29 is 0 Å². The first-order chi connectivity index (χ1) is 9.15. The van der Waals surface area contributed by atoms with Crippen molar-refractivity contribution in [2.75, 3.05) is 0 Å². The van der Waals surface area contributed by atoms with Crippen molar-refractivity contribution in [2.45, 2.75) is 58.4 Å². The van der Waals surface area contributed by atoms with E-state index in [0.717, 1.165) is 12.8 Å². The van der Waals surface area contributed by atoms with Gasteiger partial charge in [0.25, 0.3) is 0 Å². The molecule has 1 aliphatic carbocycles. The van der Waals surface area contributed by atoms with Gasteiger partial charge in [0.1, 0.15) is 0 Å². The van der Waals surface area contributed by atoms with Gasteiger partial charge in [-0.2, -0.15) is 0 Å². The molecule has 1 aromatic carbocycles. The van der Waals surface area contributed by atoms with Gasteiger partial charge in [-0.3, -0.25) is 0 Å². The summed E-state index contributed by atoms with van der Waals surface area (Å²) in [5, 5.41) is 0. The van der Waals surface area contributed by atoms with Crippen LogP contribution in [0.1, 0.15) is 63.1 Å². The second-order valence-corrected chi connectivity index (χ2v) is 6.26. The van der Waals surface area contributed by atoms with Crippen LogP contribution in [0.15, 0.2) is 35.9 Å². The molecule has 0 heterocycles. The minimum atomic E-state index is 0.163. The van der Waals surface area contributed by atoms with Gasteiger partial charge in [-0.25, -0.2) is 0 Å². The predicted molar refractivity (Wildman–Crippen MR) is 83.1 cm³/mol. The molecule has 0 saturated heterocycles. The topological polar surface area (TPSA) is 26.0 Å². The summed E-state index contributed by atoms with van der Waals surface area (Å²) in [5.41, 5.74) is 10.7. The SMILES string of the molecule is CC(C)Cc1cccc(C(N)CC2=CCCCC2)c1. The second kappa shape index (κ2) is 6.91. The molecule has 0 amide bonds. The molecule has 1 aromatic rings. The Kier molecular flexibility index (Phi) is 5.21. The number of allylic oxidation sites excluding steroid dienone is 1. The van der Waals surface area contributed by atoms with Crippen molar-refractivity contribution in [3.63, 3.8) is 0 Å². The van der Waals surface area contributed by atoms with E-state index >= 15 is 0 Å². The molecule has 0 aromatic heterocycles. The Balaban J connectivity index is 2.01. The fourth-order valence-electron chi connectivity index (χ4n) is 2.91. The molecule has 2 rings (SSSR count). The molecule has 1 atom stereocenters. The highest BCUT2D eigenvalue weighted by Gasteiger charge is 2.11. The summed E-state index contributed by atoms with van der Waals surface area (Å²) in [6.45, 7) is 4.53. The van der Waals surface area contributed by atoms with E-state index in [-0.39, 0.29) is 6.04 Å². The van der Waals surface area contributed by atoms with Gasteiger partial charge in [-0.1, -0.05) is 49.8 Å². The minimum absolute atomic E-state index is 0.163. The molecule has 1 heteroatoms. The molecule has 0 fully saturated rings. The molecular formula is C18H27N. The standard InChI is InChI=1S/C18H27N/c1-14(2)11-16-9-6-10-17(12-16)18(19)13-15-7-4-3-5-8-15/h6-7,9-10,12,14,18H,3-5,8,11,13,19H2,1-2H3. The third-order valence-corrected chi connectivity index (χ3v) is 3.89. The van der Waals surface area contributed by atoms with Crippen molar-refractivity contribution in [3.8, 4) is 0 Å². The molecule has 0 radical (unpaired) electrons. The average molecular weight is 257 g/mol. The monoisotopic (exact) mass is 257 g/mol. The fraction of sp³-hybridized carbons (Fsp3) is 0.556. The van der Waals surface area contributed by atoms with Crippen molar-refractivity contribution in [2.24, 2.45) is 11.7 Å². The minimum Gasteiger partial charge on any atom is -0.324 e. The lowest BCUT2D eigenvalue weighted by molar-refractivity contribution is 0.624. The molecule has 0 bridgehead atoms. The Morgan fingerprint density at radius 2 is 2.00 bits per heavy atom. The van der Waals surface area contributed by atoms with Gasteiger partial charge >= 0.3 is 0 Å². The summed E-state index contributed by atoms with van der Waals surface area (Å²) in [6.07, 6.45) is 9.76. The summed E-state index contributed by atoms with van der Waals surface area (Å²) in [4.78, 5) is 0. The number of nitrogens with two attached hydrogens (primary N) is 1. The summed E-state index contributed by atoms with van der Waals surface area (Å²) in [7, 11) is 0. The van der Waals surface area contributed by atoms with Crippen LogP contribution in [0.25, 0.3) is 0 Å². The van der Waals surface area contributed by atoms with Crippen molar-refractivity contribution in [3.05, 3.63) is 47.0 Å². The summed E-state index contributed by atoms with van der Waals surface area (Å²) >= 11 is 0. The van der Waals surface area contributed by atoms with Crippen molar-refractivity contribution >= 4 is 0 Å². The van der Waals surface area contributed by atoms with Gasteiger partial charge in [0.2, 0.25) is 0 Å². The zero-order valence-corrected chi connectivity index (χ0v) is 12.4. The summed E-state index contributed by atoms with van der Waals surface area (Å²) < 4.78 is 0. The Bertz CT molecular complexity index is 431. The third-order valence-electron chi connectivity index (χ3n) is 3.89. The highest BCUT2D eigenvalue weighted by atomic mass is 14.6. The van der Waals surface area contributed by atoms with Gasteiger partial charge in [0.15, 0.2) is 0 Å². The summed E-state index contributed by atoms with van der Waals surface area (Å²) in [5.74, 6) is 0.701. The Morgan fingerprint density at radius 1 is 1.16 bits per heavy atom. The van der Waals surface area contributed by atoms with Gasteiger partial charge < -0.3 is 5.73 Å². The smallest absolute Gasteiger partial charge is 0.0332 e. The molecule has 0 saturated carbocycles. The van der Waals surface area contributed by atoms with Crippen LogP contribution >= 0.6 is 0 Å². The lowest BCUT2D eigenvalue weighted by Gasteiger charge is -2.18. The summed E-state index contributed by atoms with van der Waals surface area (Å²) in [6, 6.07) is 9.01. The molecule has 1 aliphatic rings. The van der Waals surface area contributed by atoms with E-state index in [2.05, 4.69) is 44.2 Å². The number of hydrogen-bond donors (Lipinski definition) is 1. The lowest BCUT2D eigenvalue weighted by atomic mass is 9.91. The van der Waals surface area contributed by atoms with E-state index in [1.54, 1.807) is 5.57 Å². The second-order valence-electron chi connectivity index (χ2n) is 6.26. The number of benzene rings is 1. The highest BCUT2D eigenvalue weighted by molar-refractivity contribution is 5.27. The molecule has 1 unspecified atom stereocenters. The van der Waals surface area contributed by atoms with Crippen LogP contribution in [-0.2, 0) is 6.42 Å². The first-order valence-corrected chi connectivity index (χ1v) is 7.67. The molecule has 19 heavy (non-hydrogen) atoms. The highest BCUT2D eigenvalue weighted by Crippen LogP contribution is 2.26. The maximum Gasteiger partial charge on any atom is 0.0332 e. The van der Waals surface area contributed by atoms with Crippen LogP contribution < -0.4 is 5.73 Å². The van der Waals surface area contributed by atoms with Gasteiger partial charge in [-0.15, -0.1) is 0 Å². The van der Waals surface area contributed by atoms with Crippen LogP contribution in [0.4, 0.5) is 0 Å². The van der Waals surface area contributed by atoms with Gasteiger partial charge in [0.05, 0.1) is 0 Å². The fourth-order valence-corrected chi connectivity index (χ4v) is 2.91. The van der Waals surface area contributed by atoms with Gasteiger partial charge in [-0.05, 0) is 55.6 Å². The predicted octanol–water partition coefficient (Wildman–Crippen LogP) is 4.78. The zero-order chi connectivity index (χ0) is 13.7. The normalized spacial score (nSPS) is 17.4. The van der Waals surface area contributed by atoms with E-state index in [9.17, 15) is 0 Å². The van der Waals surface area contributed by atoms with E-state index in [0.29, 0.717) is 5.92 Å². The van der Waals surface area contributed by atoms with E-state index in [1.165, 1.54) is 36.8 Å². The third kappa shape index (κ3) is 4.50. The van der Waals surface area contributed by atoms with Crippen molar-refractivity contribution in [1.29, 1.82) is 0 Å². The molecule has 0 spiro atoms. The molecular weight excluding hydrogens is 230 g/mol. The van der Waals surface area contributed by atoms with Crippen LogP contribution in [0, 0.1) is 5.92 Å². The van der Waals surface area contributed by atoms with Crippen LogP contribution in [0.5, 0.6) is 0 Å². The average Bonchev–Trinajstić information content (AvgIpc) is 2.39. The molecule has 1 nitrogen and oxygen atoms in total. The lowest BCUT2D eigenvalue weighted by Crippen LogP contribution is -2.12. The maximum absolute atomic E-state index is 6.38. The van der Waals surface area contributed by atoms with Crippen LogP contribution in [0.3, 0.4) is 0 Å². The molecule has 0 aliphatic heterocycles. The van der Waals surface area contributed by atoms with E-state index < -0.39 is 0 Å². The first-order valence-electron chi connectivity index (χ1n) is 7.67. The maximum atomic E-state index is 6.38. The molecule has 104 valence electrons. The first kappa shape index (κ1) is 14.3. The zero-order valence-electron chi connectivity index (χ0n) is 12.4. The largest absolute Gasteiger partial charge is 0.324 e. The quantitative estimate of drug-likeness (QED) is 0.755. The Morgan fingerprint density at radius 3 is 2.68 bits per heavy atom. The van der Waals surface area contributed by atoms with Crippen LogP contribution in [-0.4, -0.2) is 0 Å². The van der Waals surface area contributed by atoms with E-state index in [4.69, 9.17) is 5.73 Å². The number of rotatable bonds is 5. The van der Waals surface area contributed by atoms with Gasteiger partial charge in [0, 0.05) is 6.04 Å². The Labute approximate surface area is 117 Å². The number of hydrogen-bond acceptors (Lipinski definition) is 1. The van der Waals surface area contributed by atoms with Crippen LogP contribution in [0.2, 0.25) is 0 Å².